The molecule has 0 N–H and O–H groups in total. The first-order chi connectivity index (χ1) is 7.50. The quantitative estimate of drug-likeness (QED) is 0.258. The first-order valence-corrected chi connectivity index (χ1v) is 5.34. The van der Waals surface area contributed by atoms with Gasteiger partial charge in [-0.3, -0.25) is 0 Å². The Morgan fingerprint density at radius 3 is 2.75 bits per heavy atom. The van der Waals surface area contributed by atoms with Crippen molar-refractivity contribution in [3.63, 3.8) is 0 Å². The van der Waals surface area contributed by atoms with Gasteiger partial charge in [-0.15, -0.1) is 0 Å². The highest BCUT2D eigenvalue weighted by Gasteiger charge is 2.17. The molecule has 88 valence electrons. The molecule has 0 spiro atoms. The summed E-state index contributed by atoms with van der Waals surface area (Å²) in [5, 5.41) is 11.5. The average Bonchev–Trinajstić information content (AvgIpc) is 2.24. The molecule has 4 nitrogen and oxygen atoms in total. The van der Waals surface area contributed by atoms with Crippen molar-refractivity contribution in [2.45, 2.75) is 32.7 Å². The monoisotopic (exact) mass is 222 g/mol. The van der Waals surface area contributed by atoms with Gasteiger partial charge in [0.2, 0.25) is 5.88 Å². The molecule has 0 aliphatic rings. The minimum atomic E-state index is -0.384. The van der Waals surface area contributed by atoms with E-state index in [2.05, 4.69) is 4.98 Å². The van der Waals surface area contributed by atoms with Crippen molar-refractivity contribution in [1.29, 1.82) is 0 Å². The van der Waals surface area contributed by atoms with Crippen molar-refractivity contribution < 1.29 is 9.48 Å². The summed E-state index contributed by atoms with van der Waals surface area (Å²) in [5.74, 6) is 0.587. The molecule has 0 amide bonds. The molecule has 16 heavy (non-hydrogen) atoms. The van der Waals surface area contributed by atoms with Crippen LogP contribution in [0.5, 0.6) is 5.88 Å². The second kappa shape index (κ2) is 5.49. The van der Waals surface area contributed by atoms with Crippen LogP contribution >= 0.6 is 0 Å². The zero-order valence-electron chi connectivity index (χ0n) is 10.0. The Hall–Kier alpha value is -1.58. The molecule has 0 bridgehead atoms. The van der Waals surface area contributed by atoms with Gasteiger partial charge < -0.3 is 9.94 Å². The minimum Gasteiger partial charge on any atom is -0.624 e. The van der Waals surface area contributed by atoms with Gasteiger partial charge in [0.25, 0.3) is 0 Å². The Labute approximate surface area is 96.2 Å². The van der Waals surface area contributed by atoms with Crippen LogP contribution in [0.25, 0.3) is 0 Å². The fraction of sp³-hybridized carbons (Fsp3) is 0.500. The van der Waals surface area contributed by atoms with Crippen LogP contribution in [0.1, 0.15) is 27.2 Å². The van der Waals surface area contributed by atoms with E-state index in [1.807, 2.05) is 32.9 Å². The third-order valence-electron chi connectivity index (χ3n) is 1.96. The van der Waals surface area contributed by atoms with Crippen LogP contribution in [0.4, 0.5) is 0 Å². The Morgan fingerprint density at radius 1 is 1.44 bits per heavy atom. The lowest BCUT2D eigenvalue weighted by Gasteiger charge is -2.18. The second-order valence-corrected chi connectivity index (χ2v) is 4.48. The Balaban J connectivity index is 2.32. The van der Waals surface area contributed by atoms with Gasteiger partial charge in [-0.1, -0.05) is 6.07 Å². The number of hydrogen-bond donors (Lipinski definition) is 0. The SMILES string of the molecule is CC(C)(C)/[N+]([O-])=C/CCOc1ccccn1. The number of hydroxylamine groups is 1. The van der Waals surface area contributed by atoms with E-state index in [4.69, 9.17) is 4.74 Å². The molecule has 1 aromatic rings. The van der Waals surface area contributed by atoms with E-state index >= 15 is 0 Å². The van der Waals surface area contributed by atoms with Gasteiger partial charge in [0, 0.05) is 33.0 Å². The number of ether oxygens (including phenoxy) is 1. The van der Waals surface area contributed by atoms with Gasteiger partial charge >= 0.3 is 0 Å². The van der Waals surface area contributed by atoms with E-state index < -0.39 is 0 Å². The molecular formula is C12H18N2O2. The molecule has 1 aromatic heterocycles. The molecule has 4 heteroatoms. The molecule has 0 aromatic carbocycles. The molecule has 1 heterocycles. The summed E-state index contributed by atoms with van der Waals surface area (Å²) < 4.78 is 6.31. The summed E-state index contributed by atoms with van der Waals surface area (Å²) in [7, 11) is 0. The maximum absolute atomic E-state index is 11.5. The van der Waals surface area contributed by atoms with E-state index in [0.29, 0.717) is 18.9 Å². The zero-order chi connectivity index (χ0) is 12.0. The second-order valence-electron chi connectivity index (χ2n) is 4.48. The van der Waals surface area contributed by atoms with Crippen LogP contribution in [0.15, 0.2) is 24.4 Å². The summed E-state index contributed by atoms with van der Waals surface area (Å²) in [6.45, 7) is 6.08. The van der Waals surface area contributed by atoms with Crippen molar-refractivity contribution in [3.05, 3.63) is 29.6 Å². The van der Waals surface area contributed by atoms with Crippen molar-refractivity contribution in [2.75, 3.05) is 6.61 Å². The smallest absolute Gasteiger partial charge is 0.213 e. The van der Waals surface area contributed by atoms with Crippen LogP contribution < -0.4 is 4.74 Å². The highest BCUT2D eigenvalue weighted by Crippen LogP contribution is 2.05. The topological polar surface area (TPSA) is 48.2 Å². The van der Waals surface area contributed by atoms with E-state index in [1.54, 1.807) is 18.5 Å². The van der Waals surface area contributed by atoms with Crippen LogP contribution in [0.3, 0.4) is 0 Å². The number of pyridine rings is 1. The van der Waals surface area contributed by atoms with Crippen LogP contribution in [0.2, 0.25) is 0 Å². The molecule has 0 saturated carbocycles. The predicted molar refractivity (Wildman–Crippen MR) is 63.8 cm³/mol. The van der Waals surface area contributed by atoms with Crippen LogP contribution in [-0.2, 0) is 0 Å². The van der Waals surface area contributed by atoms with E-state index in [-0.39, 0.29) is 5.54 Å². The predicted octanol–water partition coefficient (Wildman–Crippen LogP) is 2.23. The molecule has 0 atom stereocenters. The highest BCUT2D eigenvalue weighted by molar-refractivity contribution is 5.51. The Kier molecular flexibility index (Phi) is 4.28. The van der Waals surface area contributed by atoms with Crippen molar-refractivity contribution in [1.82, 2.24) is 4.98 Å². The minimum absolute atomic E-state index is 0.384. The molecule has 1 rings (SSSR count). The maximum Gasteiger partial charge on any atom is 0.213 e. The average molecular weight is 222 g/mol. The molecule has 0 unspecified atom stereocenters. The van der Waals surface area contributed by atoms with Gasteiger partial charge in [-0.05, 0) is 6.07 Å². The van der Waals surface area contributed by atoms with E-state index in [1.165, 1.54) is 0 Å². The lowest BCUT2D eigenvalue weighted by molar-refractivity contribution is -0.532. The van der Waals surface area contributed by atoms with Gasteiger partial charge in [0.05, 0.1) is 13.0 Å². The van der Waals surface area contributed by atoms with Gasteiger partial charge in [0.1, 0.15) is 0 Å². The summed E-state index contributed by atoms with van der Waals surface area (Å²) >= 11 is 0. The zero-order valence-corrected chi connectivity index (χ0v) is 10.0. The Morgan fingerprint density at radius 2 is 2.19 bits per heavy atom. The first kappa shape index (κ1) is 12.5. The van der Waals surface area contributed by atoms with Gasteiger partial charge in [0.15, 0.2) is 11.8 Å². The van der Waals surface area contributed by atoms with Crippen molar-refractivity contribution in [2.24, 2.45) is 0 Å². The van der Waals surface area contributed by atoms with Crippen molar-refractivity contribution in [3.8, 4) is 5.88 Å². The van der Waals surface area contributed by atoms with Crippen molar-refractivity contribution >= 4 is 6.21 Å². The molecular weight excluding hydrogens is 204 g/mol. The van der Waals surface area contributed by atoms with Gasteiger partial charge in [-0.2, -0.15) is 0 Å². The molecule has 0 saturated heterocycles. The number of hydrogen-bond acceptors (Lipinski definition) is 3. The fourth-order valence-electron chi connectivity index (χ4n) is 1.04. The molecule has 0 radical (unpaired) electrons. The largest absolute Gasteiger partial charge is 0.624 e. The first-order valence-electron chi connectivity index (χ1n) is 5.34. The molecule has 0 aliphatic carbocycles. The third-order valence-corrected chi connectivity index (χ3v) is 1.96. The van der Waals surface area contributed by atoms with Gasteiger partial charge in [-0.25, -0.2) is 9.72 Å². The van der Waals surface area contributed by atoms with Crippen LogP contribution in [-0.4, -0.2) is 28.1 Å². The number of aromatic nitrogens is 1. The van der Waals surface area contributed by atoms with E-state index in [9.17, 15) is 5.21 Å². The third kappa shape index (κ3) is 4.29. The molecule has 0 aliphatic heterocycles. The summed E-state index contributed by atoms with van der Waals surface area (Å²) in [6, 6.07) is 5.48. The number of rotatable bonds is 4. The number of nitrogens with zero attached hydrogens (tertiary/aromatic N) is 2. The Bertz CT molecular complexity index is 342. The summed E-state index contributed by atoms with van der Waals surface area (Å²) in [4.78, 5) is 4.02. The molecule has 0 fully saturated rings. The summed E-state index contributed by atoms with van der Waals surface area (Å²) in [6.07, 6.45) is 3.86. The maximum atomic E-state index is 11.5. The lowest BCUT2D eigenvalue weighted by Crippen LogP contribution is -2.29. The summed E-state index contributed by atoms with van der Waals surface area (Å²) in [5.41, 5.74) is -0.384. The highest BCUT2D eigenvalue weighted by atomic mass is 16.5. The standard InChI is InChI=1S/C12H18N2O2/c1-12(2,3)14(15)9-6-10-16-11-7-4-5-8-13-11/h4-5,7-9H,6,10H2,1-3H3/b14-9-. The fourth-order valence-corrected chi connectivity index (χ4v) is 1.04. The normalized spacial score (nSPS) is 12.6. The van der Waals surface area contributed by atoms with E-state index in [0.717, 1.165) is 4.74 Å². The lowest BCUT2D eigenvalue weighted by atomic mass is 10.1. The van der Waals surface area contributed by atoms with Crippen LogP contribution in [0, 0.1) is 5.21 Å².